The van der Waals surface area contributed by atoms with Crippen LogP contribution < -0.4 is 15.8 Å². The molecule has 1 heterocycles. The van der Waals surface area contributed by atoms with Gasteiger partial charge in [0.15, 0.2) is 0 Å². The van der Waals surface area contributed by atoms with E-state index in [0.29, 0.717) is 5.02 Å². The molecule has 0 spiro atoms. The fraction of sp³-hybridized carbons (Fsp3) is 0.457. The molecule has 0 saturated heterocycles. The third kappa shape index (κ3) is 12.0. The van der Waals surface area contributed by atoms with E-state index in [2.05, 4.69) is 15.0 Å². The van der Waals surface area contributed by atoms with Crippen LogP contribution in [-0.4, -0.2) is 72.3 Å². The van der Waals surface area contributed by atoms with Gasteiger partial charge in [-0.25, -0.2) is 22.3 Å². The molecule has 1 aromatic heterocycles. The summed E-state index contributed by atoms with van der Waals surface area (Å²) in [5, 5.41) is 13.4. The lowest BCUT2D eigenvalue weighted by Crippen LogP contribution is -2.49. The van der Waals surface area contributed by atoms with Gasteiger partial charge in [0.1, 0.15) is 11.4 Å². The van der Waals surface area contributed by atoms with Crippen LogP contribution in [0.4, 0.5) is 14.9 Å². The predicted octanol–water partition coefficient (Wildman–Crippen LogP) is 5.48. The molecule has 0 fully saturated rings. The molecule has 268 valence electrons. The Morgan fingerprint density at radius 1 is 1.04 bits per heavy atom. The number of sulfonamides is 1. The second-order valence-corrected chi connectivity index (χ2v) is 15.5. The Kier molecular flexibility index (Phi) is 14.1. The lowest BCUT2D eigenvalue weighted by atomic mass is 9.82. The number of benzene rings is 2. The smallest absolute Gasteiger partial charge is 0.410 e. The van der Waals surface area contributed by atoms with Crippen molar-refractivity contribution >= 4 is 39.3 Å². The van der Waals surface area contributed by atoms with Crippen molar-refractivity contribution in [2.75, 3.05) is 18.4 Å². The van der Waals surface area contributed by atoms with Gasteiger partial charge in [0.25, 0.3) is 0 Å². The Morgan fingerprint density at radius 3 is 2.24 bits per heavy atom. The molecule has 0 unspecified atom stereocenters. The van der Waals surface area contributed by atoms with Crippen LogP contribution in [-0.2, 0) is 26.0 Å². The Labute approximate surface area is 293 Å². The van der Waals surface area contributed by atoms with Crippen molar-refractivity contribution in [1.82, 2.24) is 14.6 Å². The molecule has 0 aliphatic rings. The monoisotopic (exact) mass is 719 g/mol. The zero-order valence-corrected chi connectivity index (χ0v) is 30.3. The Balaban J connectivity index is 1.91. The second-order valence-electron chi connectivity index (χ2n) is 13.4. The standard InChI is InChI=1S/C35H47ClFN5O6S/c1-22(2)31(24-12-14-25(36)15-13-24)32(38)33(44)40-30-19-39-18-29(37)28(30)17-16-26(41-49(46,47)27-10-8-7-9-11-27)21-42(20-23(3)43)34(45)48-35(4,5)6/h7-15,18-19,22-23,26,31-32,41,43H,16-17,20-21,38H2,1-6H3,(H,40,44)/t23-,26+,31-,32+/m1/s1. The van der Waals surface area contributed by atoms with Gasteiger partial charge >= 0.3 is 6.09 Å². The highest BCUT2D eigenvalue weighted by Gasteiger charge is 2.31. The van der Waals surface area contributed by atoms with Crippen molar-refractivity contribution in [2.24, 2.45) is 11.7 Å². The summed E-state index contributed by atoms with van der Waals surface area (Å²) in [6.07, 6.45) is 0.515. The summed E-state index contributed by atoms with van der Waals surface area (Å²) in [6, 6.07) is 12.8. The van der Waals surface area contributed by atoms with Crippen molar-refractivity contribution < 1.29 is 32.2 Å². The average molecular weight is 720 g/mol. The van der Waals surface area contributed by atoms with Gasteiger partial charge in [0, 0.05) is 35.6 Å². The summed E-state index contributed by atoms with van der Waals surface area (Å²) in [5.74, 6) is -1.69. The molecular formula is C35H47ClFN5O6S. The minimum absolute atomic E-state index is 0.00299. The van der Waals surface area contributed by atoms with Gasteiger partial charge in [0.05, 0.1) is 35.1 Å². The Morgan fingerprint density at radius 2 is 1.67 bits per heavy atom. The molecule has 3 aromatic rings. The SMILES string of the molecule is CC(C)[C@H](c1ccc(Cl)cc1)[C@H](N)C(=O)Nc1cncc(F)c1CC[C@@H](CN(C[C@@H](C)O)C(=O)OC(C)(C)C)NS(=O)(=O)c1ccccc1. The van der Waals surface area contributed by atoms with Crippen molar-refractivity contribution in [3.8, 4) is 0 Å². The largest absolute Gasteiger partial charge is 0.444 e. The Bertz CT molecular complexity index is 1650. The van der Waals surface area contributed by atoms with Crippen molar-refractivity contribution in [3.05, 3.63) is 89.0 Å². The number of pyridine rings is 1. The highest BCUT2D eigenvalue weighted by Crippen LogP contribution is 2.30. The van der Waals surface area contributed by atoms with Gasteiger partial charge in [-0.1, -0.05) is 55.8 Å². The molecule has 3 rings (SSSR count). The maximum absolute atomic E-state index is 15.4. The first kappa shape index (κ1) is 39.8. The third-order valence-corrected chi connectivity index (χ3v) is 9.41. The van der Waals surface area contributed by atoms with Crippen LogP contribution in [0, 0.1) is 11.7 Å². The number of aliphatic hydroxyl groups excluding tert-OH is 1. The zero-order chi connectivity index (χ0) is 36.5. The topological polar surface area (TPSA) is 164 Å². The lowest BCUT2D eigenvalue weighted by Gasteiger charge is -2.31. The van der Waals surface area contributed by atoms with E-state index < -0.39 is 51.6 Å². The molecule has 0 radical (unpaired) electrons. The van der Waals surface area contributed by atoms with E-state index in [1.165, 1.54) is 30.2 Å². The summed E-state index contributed by atoms with van der Waals surface area (Å²) in [6.45, 7) is 10.1. The Hall–Kier alpha value is -3.62. The number of carbonyl (C=O) groups excluding carboxylic acids is 2. The number of rotatable bonds is 15. The van der Waals surface area contributed by atoms with Crippen LogP contribution in [0.1, 0.15) is 65.0 Å². The van der Waals surface area contributed by atoms with Gasteiger partial charge in [-0.15, -0.1) is 0 Å². The third-order valence-electron chi connectivity index (χ3n) is 7.62. The first-order chi connectivity index (χ1) is 22.9. The molecular weight excluding hydrogens is 673 g/mol. The van der Waals surface area contributed by atoms with Gasteiger partial charge < -0.3 is 25.8 Å². The number of amides is 2. The number of aliphatic hydroxyl groups is 1. The van der Waals surface area contributed by atoms with E-state index in [4.69, 9.17) is 22.1 Å². The maximum atomic E-state index is 15.4. The summed E-state index contributed by atoms with van der Waals surface area (Å²) in [7, 11) is -4.09. The fourth-order valence-corrected chi connectivity index (χ4v) is 6.83. The molecule has 11 nitrogen and oxygen atoms in total. The normalized spacial score (nSPS) is 14.5. The highest BCUT2D eigenvalue weighted by atomic mass is 35.5. The highest BCUT2D eigenvalue weighted by molar-refractivity contribution is 7.89. The molecule has 5 N–H and O–H groups in total. The molecule has 0 aliphatic carbocycles. The number of hydrogen-bond donors (Lipinski definition) is 4. The number of aromatic nitrogens is 1. The van der Waals surface area contributed by atoms with Crippen LogP contribution in [0.5, 0.6) is 0 Å². The number of nitrogens with two attached hydrogens (primary N) is 1. The van der Waals surface area contributed by atoms with Gasteiger partial charge in [-0.3, -0.25) is 9.78 Å². The summed E-state index contributed by atoms with van der Waals surface area (Å²) >= 11 is 6.06. The zero-order valence-electron chi connectivity index (χ0n) is 28.7. The lowest BCUT2D eigenvalue weighted by molar-refractivity contribution is -0.118. The first-order valence-corrected chi connectivity index (χ1v) is 17.9. The number of halogens is 2. The van der Waals surface area contributed by atoms with Crippen molar-refractivity contribution in [3.63, 3.8) is 0 Å². The van der Waals surface area contributed by atoms with E-state index in [1.54, 1.807) is 51.1 Å². The first-order valence-electron chi connectivity index (χ1n) is 16.1. The number of hydrogen-bond acceptors (Lipinski definition) is 8. The quantitative estimate of drug-likeness (QED) is 0.161. The van der Waals surface area contributed by atoms with Crippen LogP contribution >= 0.6 is 11.6 Å². The minimum atomic E-state index is -4.09. The van der Waals surface area contributed by atoms with Gasteiger partial charge in [-0.2, -0.15) is 0 Å². The number of anilines is 1. The van der Waals surface area contributed by atoms with E-state index in [1.807, 2.05) is 26.0 Å². The molecule has 0 saturated carbocycles. The summed E-state index contributed by atoms with van der Waals surface area (Å²) in [5.41, 5.74) is 6.59. The van der Waals surface area contributed by atoms with Crippen molar-refractivity contribution in [2.45, 2.75) is 89.0 Å². The average Bonchev–Trinajstić information content (AvgIpc) is 3.00. The number of nitrogens with zero attached hydrogens (tertiary/aromatic N) is 2. The van der Waals surface area contributed by atoms with Crippen LogP contribution in [0.3, 0.4) is 0 Å². The fourth-order valence-electron chi connectivity index (χ4n) is 5.42. The van der Waals surface area contributed by atoms with E-state index in [0.717, 1.165) is 11.8 Å². The van der Waals surface area contributed by atoms with Crippen molar-refractivity contribution in [1.29, 1.82) is 0 Å². The van der Waals surface area contributed by atoms with Crippen LogP contribution in [0.25, 0.3) is 0 Å². The number of carbonyl (C=O) groups is 2. The van der Waals surface area contributed by atoms with E-state index in [9.17, 15) is 23.1 Å². The predicted molar refractivity (Wildman–Crippen MR) is 188 cm³/mol. The molecule has 2 aromatic carbocycles. The maximum Gasteiger partial charge on any atom is 0.410 e. The molecule has 0 aliphatic heterocycles. The van der Waals surface area contributed by atoms with Gasteiger partial charge in [0.2, 0.25) is 15.9 Å². The number of nitrogens with one attached hydrogen (secondary N) is 2. The molecule has 0 bridgehead atoms. The van der Waals surface area contributed by atoms with E-state index in [-0.39, 0.29) is 53.9 Å². The number of ether oxygens (including phenoxy) is 1. The molecule has 2 amide bonds. The summed E-state index contributed by atoms with van der Waals surface area (Å²) < 4.78 is 50.4. The molecule has 49 heavy (non-hydrogen) atoms. The molecule has 4 atom stereocenters. The minimum Gasteiger partial charge on any atom is -0.444 e. The van der Waals surface area contributed by atoms with E-state index >= 15 is 4.39 Å². The van der Waals surface area contributed by atoms with Crippen LogP contribution in [0.15, 0.2) is 71.9 Å². The second kappa shape index (κ2) is 17.3. The summed E-state index contributed by atoms with van der Waals surface area (Å²) in [4.78, 5) is 31.8. The molecule has 14 heteroatoms. The van der Waals surface area contributed by atoms with Crippen LogP contribution in [0.2, 0.25) is 5.02 Å². The van der Waals surface area contributed by atoms with Gasteiger partial charge in [-0.05, 0) is 76.3 Å².